The van der Waals surface area contributed by atoms with Crippen molar-refractivity contribution in [3.63, 3.8) is 0 Å². The summed E-state index contributed by atoms with van der Waals surface area (Å²) in [6, 6.07) is 0. The van der Waals surface area contributed by atoms with Crippen LogP contribution in [0.4, 0.5) is 5.82 Å². The van der Waals surface area contributed by atoms with Crippen molar-refractivity contribution >= 4 is 18.0 Å². The minimum atomic E-state index is 0.670. The number of allylic oxidation sites excluding steroid dienone is 2. The summed E-state index contributed by atoms with van der Waals surface area (Å²) < 4.78 is 0. The zero-order valence-electron chi connectivity index (χ0n) is 19.4. The Morgan fingerprint density at radius 1 is 1.21 bits per heavy atom. The fourth-order valence-electron chi connectivity index (χ4n) is 4.01. The lowest BCUT2D eigenvalue weighted by Crippen LogP contribution is -2.56. The smallest absolute Gasteiger partial charge is 0.156 e. The minimum absolute atomic E-state index is 0.670. The van der Waals surface area contributed by atoms with Crippen molar-refractivity contribution in [3.05, 3.63) is 27.8 Å². The Morgan fingerprint density at radius 2 is 1.89 bits per heavy atom. The zero-order valence-corrected chi connectivity index (χ0v) is 19.4. The van der Waals surface area contributed by atoms with E-state index in [0.717, 1.165) is 34.3 Å². The van der Waals surface area contributed by atoms with E-state index in [1.54, 1.807) is 0 Å². The number of hydrogen-bond acceptors (Lipinski definition) is 4. The van der Waals surface area contributed by atoms with Gasteiger partial charge in [0.2, 0.25) is 0 Å². The highest BCUT2D eigenvalue weighted by atomic mass is 15.2. The molecule has 1 aromatic heterocycles. The van der Waals surface area contributed by atoms with E-state index < -0.39 is 0 Å². The van der Waals surface area contributed by atoms with Crippen LogP contribution in [0.1, 0.15) is 72.9 Å². The van der Waals surface area contributed by atoms with Crippen molar-refractivity contribution in [1.82, 2.24) is 15.5 Å². The maximum absolute atomic E-state index is 4.18. The van der Waals surface area contributed by atoms with Crippen LogP contribution in [0.5, 0.6) is 0 Å². The molecule has 4 heteroatoms. The number of aryl methyl sites for hydroxylation is 1. The molecule has 2 rings (SSSR count). The number of hydrogen-bond donors (Lipinski definition) is 2. The van der Waals surface area contributed by atoms with Gasteiger partial charge in [-0.3, -0.25) is 0 Å². The quantitative estimate of drug-likeness (QED) is 0.738. The van der Waals surface area contributed by atoms with Gasteiger partial charge in [0, 0.05) is 30.6 Å². The molecule has 1 aliphatic rings. The second kappa shape index (κ2) is 12.0. The average Bonchev–Trinajstić information content (AvgIpc) is 2.65. The van der Waals surface area contributed by atoms with E-state index >= 15 is 0 Å². The van der Waals surface area contributed by atoms with Gasteiger partial charge in [0.15, 0.2) is 5.82 Å². The molecule has 0 bridgehead atoms. The Bertz CT molecular complexity index is 745. The van der Waals surface area contributed by atoms with Crippen LogP contribution in [0.25, 0.3) is 12.2 Å². The highest BCUT2D eigenvalue weighted by Gasteiger charge is 2.39. The molecule has 0 saturated carbocycles. The topological polar surface area (TPSA) is 49.8 Å². The molecule has 1 aromatic rings. The Kier molecular flexibility index (Phi) is 10.4. The fraction of sp³-hybridized carbons (Fsp3) is 0.667. The fourth-order valence-corrected chi connectivity index (χ4v) is 4.01. The van der Waals surface area contributed by atoms with E-state index in [4.69, 9.17) is 0 Å². The first-order valence-corrected chi connectivity index (χ1v) is 11.0. The first-order valence-electron chi connectivity index (χ1n) is 11.0. The molecule has 28 heavy (non-hydrogen) atoms. The SMILES string of the molecule is C/C=c1/c(C)nnc(NC)/c1=C/C(C)=C/CC.CCCC1([C@H](C)CC)CNC1. The molecule has 1 atom stereocenters. The third kappa shape index (κ3) is 6.16. The molecule has 0 aromatic carbocycles. The maximum atomic E-state index is 4.18. The first-order chi connectivity index (χ1) is 13.4. The molecular formula is C24H42N4. The lowest BCUT2D eigenvalue weighted by molar-refractivity contribution is 0.0735. The van der Waals surface area contributed by atoms with Crippen LogP contribution < -0.4 is 21.1 Å². The van der Waals surface area contributed by atoms with Crippen molar-refractivity contribution in [3.8, 4) is 0 Å². The van der Waals surface area contributed by atoms with Crippen LogP contribution >= 0.6 is 0 Å². The monoisotopic (exact) mass is 386 g/mol. The lowest BCUT2D eigenvalue weighted by Gasteiger charge is -2.47. The number of rotatable bonds is 7. The molecule has 0 amide bonds. The molecular weight excluding hydrogens is 344 g/mol. The van der Waals surface area contributed by atoms with Crippen molar-refractivity contribution in [2.45, 2.75) is 74.1 Å². The van der Waals surface area contributed by atoms with E-state index in [-0.39, 0.29) is 0 Å². The third-order valence-electron chi connectivity index (χ3n) is 6.02. The maximum Gasteiger partial charge on any atom is 0.156 e. The van der Waals surface area contributed by atoms with Gasteiger partial charge in [0.1, 0.15) is 0 Å². The zero-order chi connectivity index (χ0) is 21.2. The molecule has 1 fully saturated rings. The van der Waals surface area contributed by atoms with Crippen LogP contribution in [0, 0.1) is 18.3 Å². The van der Waals surface area contributed by atoms with Gasteiger partial charge in [-0.15, -0.1) is 5.10 Å². The Morgan fingerprint density at radius 3 is 2.32 bits per heavy atom. The van der Waals surface area contributed by atoms with Crippen molar-refractivity contribution in [2.24, 2.45) is 11.3 Å². The van der Waals surface area contributed by atoms with Crippen molar-refractivity contribution in [2.75, 3.05) is 25.5 Å². The van der Waals surface area contributed by atoms with E-state index in [2.05, 4.69) is 73.7 Å². The molecule has 158 valence electrons. The molecule has 0 unspecified atom stereocenters. The lowest BCUT2D eigenvalue weighted by atomic mass is 9.67. The van der Waals surface area contributed by atoms with Gasteiger partial charge >= 0.3 is 0 Å². The molecule has 4 nitrogen and oxygen atoms in total. The summed E-state index contributed by atoms with van der Waals surface area (Å²) in [6.07, 6.45) is 11.6. The van der Waals surface area contributed by atoms with Crippen LogP contribution in [0.15, 0.2) is 11.6 Å². The summed E-state index contributed by atoms with van der Waals surface area (Å²) in [5, 5.41) is 17.1. The predicted octanol–water partition coefficient (Wildman–Crippen LogP) is 4.19. The second-order valence-corrected chi connectivity index (χ2v) is 8.03. The second-order valence-electron chi connectivity index (χ2n) is 8.03. The number of anilines is 1. The van der Waals surface area contributed by atoms with Crippen LogP contribution in [0.3, 0.4) is 0 Å². The predicted molar refractivity (Wildman–Crippen MR) is 124 cm³/mol. The molecule has 1 aliphatic heterocycles. The van der Waals surface area contributed by atoms with E-state index in [1.807, 2.05) is 20.9 Å². The standard InChI is InChI=1S/C14H21N3.C10H21N/c1-6-8-10(3)9-13-12(7-2)11(4)16-17-14(13)15-5;1-4-6-10(7-11-8-10)9(3)5-2/h7-9H,6H2,1-5H3,(H,15,17);9,11H,4-8H2,1-3H3/b10-8+,12-7-,13-9+;/t;9-/m.1/s1. The Hall–Kier alpha value is -1.68. The van der Waals surface area contributed by atoms with Crippen molar-refractivity contribution in [1.29, 1.82) is 0 Å². The van der Waals surface area contributed by atoms with Gasteiger partial charge in [0.25, 0.3) is 0 Å². The van der Waals surface area contributed by atoms with E-state index in [9.17, 15) is 0 Å². The molecule has 1 saturated heterocycles. The molecule has 2 N–H and O–H groups in total. The summed E-state index contributed by atoms with van der Waals surface area (Å²) in [5.74, 6) is 1.73. The van der Waals surface area contributed by atoms with Crippen LogP contribution in [0.2, 0.25) is 0 Å². The molecule has 2 heterocycles. The van der Waals surface area contributed by atoms with Gasteiger partial charge in [-0.2, -0.15) is 5.10 Å². The third-order valence-corrected chi connectivity index (χ3v) is 6.02. The molecule has 0 radical (unpaired) electrons. The highest BCUT2D eigenvalue weighted by molar-refractivity contribution is 5.53. The average molecular weight is 387 g/mol. The van der Waals surface area contributed by atoms with Gasteiger partial charge in [-0.25, -0.2) is 0 Å². The largest absolute Gasteiger partial charge is 0.371 e. The van der Waals surface area contributed by atoms with E-state index in [1.165, 1.54) is 37.9 Å². The first kappa shape index (κ1) is 24.4. The van der Waals surface area contributed by atoms with Crippen molar-refractivity contribution < 1.29 is 0 Å². The van der Waals surface area contributed by atoms with E-state index in [0.29, 0.717) is 5.41 Å². The van der Waals surface area contributed by atoms with Crippen LogP contribution in [-0.4, -0.2) is 30.3 Å². The number of nitrogens with one attached hydrogen (secondary N) is 2. The highest BCUT2D eigenvalue weighted by Crippen LogP contribution is 2.38. The normalized spacial score (nSPS) is 18.2. The molecule has 0 aliphatic carbocycles. The summed E-state index contributed by atoms with van der Waals surface area (Å²) >= 11 is 0. The Balaban J connectivity index is 0.000000307. The summed E-state index contributed by atoms with van der Waals surface area (Å²) in [6.45, 7) is 17.8. The number of nitrogens with zero attached hydrogens (tertiary/aromatic N) is 2. The minimum Gasteiger partial charge on any atom is -0.371 e. The molecule has 0 spiro atoms. The van der Waals surface area contributed by atoms with Gasteiger partial charge in [-0.05, 0) is 51.0 Å². The van der Waals surface area contributed by atoms with Gasteiger partial charge in [-0.1, -0.05) is 58.3 Å². The Labute approximate surface area is 172 Å². The summed E-state index contributed by atoms with van der Waals surface area (Å²) in [7, 11) is 1.87. The van der Waals surface area contributed by atoms with Gasteiger partial charge < -0.3 is 10.6 Å². The summed E-state index contributed by atoms with van der Waals surface area (Å²) in [4.78, 5) is 0. The van der Waals surface area contributed by atoms with Crippen LogP contribution in [-0.2, 0) is 0 Å². The number of aromatic nitrogens is 2. The van der Waals surface area contributed by atoms with Gasteiger partial charge in [0.05, 0.1) is 5.69 Å². The summed E-state index contributed by atoms with van der Waals surface area (Å²) in [5.41, 5.74) is 2.88.